The van der Waals surface area contributed by atoms with E-state index >= 15 is 0 Å². The maximum Gasteiger partial charge on any atom is 0.161 e. The molecule has 1 aromatic heterocycles. The molecule has 0 atom stereocenters. The number of benzene rings is 1. The molecule has 0 bridgehead atoms. The summed E-state index contributed by atoms with van der Waals surface area (Å²) in [5.74, 6) is 1.25. The molecule has 0 amide bonds. The van der Waals surface area contributed by atoms with Gasteiger partial charge in [0.1, 0.15) is 0 Å². The molecular formula is C14H13NO3. The van der Waals surface area contributed by atoms with Gasteiger partial charge in [0, 0.05) is 17.3 Å². The topological polar surface area (TPSA) is 48.4 Å². The zero-order chi connectivity index (χ0) is 13.0. The molecule has 0 aliphatic rings. The molecule has 0 spiro atoms. The number of ether oxygens (including phenoxy) is 2. The second-order valence-electron chi connectivity index (χ2n) is 3.63. The van der Waals surface area contributed by atoms with E-state index in [-0.39, 0.29) is 0 Å². The van der Waals surface area contributed by atoms with Gasteiger partial charge < -0.3 is 9.47 Å². The highest BCUT2D eigenvalue weighted by atomic mass is 16.5. The van der Waals surface area contributed by atoms with Gasteiger partial charge in [0.25, 0.3) is 0 Å². The van der Waals surface area contributed by atoms with E-state index in [2.05, 4.69) is 4.98 Å². The second-order valence-corrected chi connectivity index (χ2v) is 3.63. The van der Waals surface area contributed by atoms with Crippen molar-refractivity contribution in [1.29, 1.82) is 0 Å². The SMILES string of the molecule is COc1ccc(-c2ncccc2C=O)cc1OC. The molecule has 0 N–H and O–H groups in total. The second kappa shape index (κ2) is 5.31. The molecule has 0 radical (unpaired) electrons. The maximum absolute atomic E-state index is 11.0. The van der Waals surface area contributed by atoms with Crippen LogP contribution in [0.15, 0.2) is 36.5 Å². The van der Waals surface area contributed by atoms with E-state index in [0.717, 1.165) is 11.8 Å². The number of carbonyl (C=O) groups excluding carboxylic acids is 1. The number of carbonyl (C=O) groups is 1. The smallest absolute Gasteiger partial charge is 0.161 e. The van der Waals surface area contributed by atoms with Crippen LogP contribution in [-0.4, -0.2) is 25.5 Å². The third-order valence-electron chi connectivity index (χ3n) is 2.62. The molecule has 18 heavy (non-hydrogen) atoms. The minimum atomic E-state index is 0.546. The van der Waals surface area contributed by atoms with E-state index in [0.29, 0.717) is 22.8 Å². The van der Waals surface area contributed by atoms with Gasteiger partial charge in [0.2, 0.25) is 0 Å². The van der Waals surface area contributed by atoms with Crippen molar-refractivity contribution < 1.29 is 14.3 Å². The third kappa shape index (κ3) is 2.18. The van der Waals surface area contributed by atoms with Crippen molar-refractivity contribution in [3.05, 3.63) is 42.1 Å². The molecule has 0 fully saturated rings. The fourth-order valence-electron chi connectivity index (χ4n) is 1.74. The summed E-state index contributed by atoms with van der Waals surface area (Å²) in [5.41, 5.74) is 1.99. The standard InChI is InChI=1S/C14H13NO3/c1-17-12-6-5-10(8-13(12)18-2)14-11(9-16)4-3-7-15-14/h3-9H,1-2H3. The average Bonchev–Trinajstić information content (AvgIpc) is 2.46. The minimum Gasteiger partial charge on any atom is -0.493 e. The summed E-state index contributed by atoms with van der Waals surface area (Å²) in [4.78, 5) is 15.2. The molecule has 92 valence electrons. The van der Waals surface area contributed by atoms with Crippen LogP contribution in [0.2, 0.25) is 0 Å². The number of aromatic nitrogens is 1. The lowest BCUT2D eigenvalue weighted by Gasteiger charge is -2.10. The Kier molecular flexibility index (Phi) is 3.57. The quantitative estimate of drug-likeness (QED) is 0.774. The molecular weight excluding hydrogens is 230 g/mol. The Morgan fingerprint density at radius 1 is 1.11 bits per heavy atom. The first kappa shape index (κ1) is 12.1. The normalized spacial score (nSPS) is 9.89. The lowest BCUT2D eigenvalue weighted by Crippen LogP contribution is -1.94. The van der Waals surface area contributed by atoms with Crippen molar-refractivity contribution in [3.63, 3.8) is 0 Å². The van der Waals surface area contributed by atoms with Crippen LogP contribution in [0, 0.1) is 0 Å². The van der Waals surface area contributed by atoms with Gasteiger partial charge in [0.05, 0.1) is 19.9 Å². The first-order valence-corrected chi connectivity index (χ1v) is 5.42. The van der Waals surface area contributed by atoms with Crippen LogP contribution in [0.5, 0.6) is 11.5 Å². The number of nitrogens with zero attached hydrogens (tertiary/aromatic N) is 1. The van der Waals surface area contributed by atoms with E-state index in [9.17, 15) is 4.79 Å². The fraction of sp³-hybridized carbons (Fsp3) is 0.143. The lowest BCUT2D eigenvalue weighted by molar-refractivity contribution is 0.112. The van der Waals surface area contributed by atoms with Crippen molar-refractivity contribution in [1.82, 2.24) is 4.98 Å². The Balaban J connectivity index is 2.54. The largest absolute Gasteiger partial charge is 0.493 e. The van der Waals surface area contributed by atoms with Gasteiger partial charge in [-0.15, -0.1) is 0 Å². The zero-order valence-corrected chi connectivity index (χ0v) is 10.2. The van der Waals surface area contributed by atoms with Gasteiger partial charge in [-0.05, 0) is 30.3 Å². The number of aldehydes is 1. The molecule has 2 rings (SSSR count). The molecule has 0 saturated heterocycles. The highest BCUT2D eigenvalue weighted by molar-refractivity contribution is 5.85. The number of methoxy groups -OCH3 is 2. The van der Waals surface area contributed by atoms with Gasteiger partial charge >= 0.3 is 0 Å². The first-order valence-electron chi connectivity index (χ1n) is 5.42. The highest BCUT2D eigenvalue weighted by Gasteiger charge is 2.09. The van der Waals surface area contributed by atoms with Crippen molar-refractivity contribution in [3.8, 4) is 22.8 Å². The van der Waals surface area contributed by atoms with Gasteiger partial charge in [0.15, 0.2) is 17.8 Å². The number of rotatable bonds is 4. The molecule has 2 aromatic rings. The van der Waals surface area contributed by atoms with Gasteiger partial charge in [-0.25, -0.2) is 0 Å². The fourth-order valence-corrected chi connectivity index (χ4v) is 1.74. The van der Waals surface area contributed by atoms with Crippen LogP contribution in [0.1, 0.15) is 10.4 Å². The molecule has 0 saturated carbocycles. The molecule has 0 aliphatic carbocycles. The van der Waals surface area contributed by atoms with E-state index in [1.807, 2.05) is 6.07 Å². The van der Waals surface area contributed by atoms with Crippen LogP contribution in [0.25, 0.3) is 11.3 Å². The number of hydrogen-bond donors (Lipinski definition) is 0. The van der Waals surface area contributed by atoms with Crippen LogP contribution < -0.4 is 9.47 Å². The van der Waals surface area contributed by atoms with Gasteiger partial charge in [-0.3, -0.25) is 9.78 Å². The molecule has 4 heteroatoms. The van der Waals surface area contributed by atoms with Crippen LogP contribution >= 0.6 is 0 Å². The van der Waals surface area contributed by atoms with Crippen molar-refractivity contribution in [2.75, 3.05) is 14.2 Å². The monoisotopic (exact) mass is 243 g/mol. The summed E-state index contributed by atoms with van der Waals surface area (Å²) >= 11 is 0. The molecule has 1 aromatic carbocycles. The third-order valence-corrected chi connectivity index (χ3v) is 2.62. The maximum atomic E-state index is 11.0. The summed E-state index contributed by atoms with van der Waals surface area (Å²) < 4.78 is 10.4. The Hall–Kier alpha value is -2.36. The minimum absolute atomic E-state index is 0.546. The predicted octanol–water partition coefficient (Wildman–Crippen LogP) is 2.58. The lowest BCUT2D eigenvalue weighted by atomic mass is 10.1. The molecule has 0 unspecified atom stereocenters. The molecule has 0 aliphatic heterocycles. The Bertz CT molecular complexity index is 567. The zero-order valence-electron chi connectivity index (χ0n) is 10.2. The van der Waals surface area contributed by atoms with Crippen LogP contribution in [0.3, 0.4) is 0 Å². The van der Waals surface area contributed by atoms with Gasteiger partial charge in [-0.2, -0.15) is 0 Å². The van der Waals surface area contributed by atoms with E-state index in [1.165, 1.54) is 0 Å². The van der Waals surface area contributed by atoms with Crippen LogP contribution in [0.4, 0.5) is 0 Å². The number of pyridine rings is 1. The van der Waals surface area contributed by atoms with E-state index in [4.69, 9.17) is 9.47 Å². The Morgan fingerprint density at radius 2 is 1.89 bits per heavy atom. The van der Waals surface area contributed by atoms with Crippen molar-refractivity contribution in [2.24, 2.45) is 0 Å². The summed E-state index contributed by atoms with van der Waals surface area (Å²) in [6, 6.07) is 8.89. The van der Waals surface area contributed by atoms with E-state index < -0.39 is 0 Å². The summed E-state index contributed by atoms with van der Waals surface area (Å²) in [6.07, 6.45) is 2.44. The highest BCUT2D eigenvalue weighted by Crippen LogP contribution is 2.32. The van der Waals surface area contributed by atoms with Gasteiger partial charge in [-0.1, -0.05) is 0 Å². The molecule has 1 heterocycles. The summed E-state index contributed by atoms with van der Waals surface area (Å²) in [5, 5.41) is 0. The number of hydrogen-bond acceptors (Lipinski definition) is 4. The Labute approximate surface area is 105 Å². The van der Waals surface area contributed by atoms with E-state index in [1.54, 1.807) is 44.7 Å². The average molecular weight is 243 g/mol. The predicted molar refractivity (Wildman–Crippen MR) is 68.2 cm³/mol. The van der Waals surface area contributed by atoms with Crippen LogP contribution in [-0.2, 0) is 0 Å². The molecule has 4 nitrogen and oxygen atoms in total. The summed E-state index contributed by atoms with van der Waals surface area (Å²) in [6.45, 7) is 0. The van der Waals surface area contributed by atoms with Crippen molar-refractivity contribution >= 4 is 6.29 Å². The Morgan fingerprint density at radius 3 is 2.56 bits per heavy atom. The first-order chi connectivity index (χ1) is 8.80. The summed E-state index contributed by atoms with van der Waals surface area (Å²) in [7, 11) is 3.15. The van der Waals surface area contributed by atoms with Crippen molar-refractivity contribution in [2.45, 2.75) is 0 Å².